The Labute approximate surface area is 187 Å². The van der Waals surface area contributed by atoms with Crippen LogP contribution in [-0.2, 0) is 6.42 Å². The number of carbonyl (C=O) groups is 2. The number of nitrogens with one attached hydrogen (secondary N) is 2. The highest BCUT2D eigenvalue weighted by Crippen LogP contribution is 2.36. The number of likely N-dealkylation sites (N-methyl/N-ethyl adjacent to an activating group) is 1. The Hall–Kier alpha value is -3.07. The molecule has 170 valence electrons. The van der Waals surface area contributed by atoms with Crippen molar-refractivity contribution in [3.05, 3.63) is 35.3 Å². The van der Waals surface area contributed by atoms with Crippen LogP contribution in [0, 0.1) is 5.92 Å². The van der Waals surface area contributed by atoms with Crippen molar-refractivity contribution in [2.75, 3.05) is 44.0 Å². The third-order valence-corrected chi connectivity index (χ3v) is 6.70. The van der Waals surface area contributed by atoms with Crippen LogP contribution >= 0.6 is 0 Å². The van der Waals surface area contributed by atoms with E-state index in [1.807, 2.05) is 19.9 Å². The number of furan rings is 1. The van der Waals surface area contributed by atoms with Gasteiger partial charge in [-0.1, -0.05) is 0 Å². The SMILES string of the molecule is COc1nc(N2CC[C@@H]3CN(C)C[C@@H]32)ccc1NC(=O)c1coc2c1C(=O)NC(C)(C)C2. The lowest BCUT2D eigenvalue weighted by Crippen LogP contribution is -2.49. The summed E-state index contributed by atoms with van der Waals surface area (Å²) in [5, 5.41) is 5.75. The lowest BCUT2D eigenvalue weighted by molar-refractivity contribution is 0.0882. The highest BCUT2D eigenvalue weighted by atomic mass is 16.5. The summed E-state index contributed by atoms with van der Waals surface area (Å²) in [6.45, 7) is 6.95. The molecule has 0 aliphatic carbocycles. The van der Waals surface area contributed by atoms with Crippen molar-refractivity contribution in [3.63, 3.8) is 0 Å². The molecule has 2 atom stereocenters. The molecule has 9 heteroatoms. The predicted octanol–water partition coefficient (Wildman–Crippen LogP) is 2.14. The average molecular weight is 440 g/mol. The van der Waals surface area contributed by atoms with E-state index < -0.39 is 11.4 Å². The summed E-state index contributed by atoms with van der Waals surface area (Å²) in [4.78, 5) is 34.9. The lowest BCUT2D eigenvalue weighted by atomic mass is 9.91. The fourth-order valence-electron chi connectivity index (χ4n) is 5.25. The molecule has 2 aromatic rings. The second-order valence-corrected chi connectivity index (χ2v) is 9.67. The number of methoxy groups -OCH3 is 1. The van der Waals surface area contributed by atoms with Crippen molar-refractivity contribution in [1.29, 1.82) is 0 Å². The number of ether oxygens (including phenoxy) is 1. The normalized spacial score (nSPS) is 24.1. The highest BCUT2D eigenvalue weighted by Gasteiger charge is 2.41. The Morgan fingerprint density at radius 1 is 1.34 bits per heavy atom. The van der Waals surface area contributed by atoms with Crippen LogP contribution in [0.4, 0.5) is 11.5 Å². The number of anilines is 2. The smallest absolute Gasteiger partial charge is 0.259 e. The number of rotatable bonds is 4. The van der Waals surface area contributed by atoms with Crippen LogP contribution in [0.15, 0.2) is 22.8 Å². The van der Waals surface area contributed by atoms with Gasteiger partial charge >= 0.3 is 0 Å². The van der Waals surface area contributed by atoms with E-state index in [1.165, 1.54) is 13.4 Å². The molecule has 2 aromatic heterocycles. The van der Waals surface area contributed by atoms with Crippen molar-refractivity contribution in [1.82, 2.24) is 15.2 Å². The molecule has 0 bridgehead atoms. The summed E-state index contributed by atoms with van der Waals surface area (Å²) < 4.78 is 11.1. The number of aromatic nitrogens is 1. The molecule has 2 amide bonds. The van der Waals surface area contributed by atoms with Gasteiger partial charge in [-0.15, -0.1) is 0 Å². The number of carbonyl (C=O) groups excluding carboxylic acids is 2. The Kier molecular flexibility index (Phi) is 4.88. The maximum Gasteiger partial charge on any atom is 0.259 e. The molecule has 0 radical (unpaired) electrons. The van der Waals surface area contributed by atoms with Crippen molar-refractivity contribution < 1.29 is 18.7 Å². The molecule has 5 heterocycles. The largest absolute Gasteiger partial charge is 0.479 e. The van der Waals surface area contributed by atoms with Crippen LogP contribution in [0.3, 0.4) is 0 Å². The molecule has 32 heavy (non-hydrogen) atoms. The zero-order chi connectivity index (χ0) is 22.6. The van der Waals surface area contributed by atoms with Gasteiger partial charge in [0.05, 0.1) is 18.2 Å². The first-order chi connectivity index (χ1) is 15.3. The van der Waals surface area contributed by atoms with E-state index in [-0.39, 0.29) is 11.5 Å². The zero-order valence-electron chi connectivity index (χ0n) is 18.9. The zero-order valence-corrected chi connectivity index (χ0v) is 18.9. The monoisotopic (exact) mass is 439 g/mol. The minimum Gasteiger partial charge on any atom is -0.479 e. The second kappa shape index (κ2) is 7.51. The molecule has 0 spiro atoms. The van der Waals surface area contributed by atoms with Gasteiger partial charge in [-0.3, -0.25) is 9.59 Å². The Bertz CT molecular complexity index is 1080. The summed E-state index contributed by atoms with van der Waals surface area (Å²) >= 11 is 0. The van der Waals surface area contributed by atoms with Gasteiger partial charge in [-0.25, -0.2) is 0 Å². The molecule has 2 saturated heterocycles. The third-order valence-electron chi connectivity index (χ3n) is 6.70. The first-order valence-corrected chi connectivity index (χ1v) is 11.0. The fraction of sp³-hybridized carbons (Fsp3) is 0.522. The van der Waals surface area contributed by atoms with Crippen LogP contribution in [0.2, 0.25) is 0 Å². The number of nitrogens with zero attached hydrogens (tertiary/aromatic N) is 3. The van der Waals surface area contributed by atoms with Gasteiger partial charge in [0.2, 0.25) is 5.88 Å². The summed E-state index contributed by atoms with van der Waals surface area (Å²) in [5.41, 5.74) is 0.530. The molecule has 0 aromatic carbocycles. The minimum absolute atomic E-state index is 0.204. The summed E-state index contributed by atoms with van der Waals surface area (Å²) in [6.07, 6.45) is 3.02. The van der Waals surface area contributed by atoms with E-state index in [2.05, 4.69) is 32.5 Å². The third kappa shape index (κ3) is 3.50. The Morgan fingerprint density at radius 2 is 2.16 bits per heavy atom. The van der Waals surface area contributed by atoms with Crippen LogP contribution in [0.25, 0.3) is 0 Å². The van der Waals surface area contributed by atoms with Crippen molar-refractivity contribution in [3.8, 4) is 5.88 Å². The number of hydrogen-bond acceptors (Lipinski definition) is 7. The standard InChI is InChI=1S/C23H29N5O4/c1-23(2)9-17-19(21(30)26-23)14(12-32-17)20(29)24-15-5-6-18(25-22(15)31-4)28-8-7-13-10-27(3)11-16(13)28/h5-6,12-13,16H,7-11H2,1-4H3,(H,24,29)(H,26,30)/t13-,16+/m1/s1. The van der Waals surface area contributed by atoms with Crippen LogP contribution in [-0.4, -0.2) is 67.1 Å². The van der Waals surface area contributed by atoms with E-state index in [4.69, 9.17) is 9.15 Å². The number of amides is 2. The van der Waals surface area contributed by atoms with E-state index >= 15 is 0 Å². The first kappa shape index (κ1) is 20.8. The maximum absolute atomic E-state index is 13.0. The molecule has 3 aliphatic heterocycles. The molecule has 0 saturated carbocycles. The van der Waals surface area contributed by atoms with E-state index in [0.29, 0.717) is 41.3 Å². The highest BCUT2D eigenvalue weighted by molar-refractivity contribution is 6.13. The molecule has 2 N–H and O–H groups in total. The lowest BCUT2D eigenvalue weighted by Gasteiger charge is -2.29. The number of hydrogen-bond donors (Lipinski definition) is 2. The van der Waals surface area contributed by atoms with Crippen LogP contribution in [0.1, 0.15) is 46.7 Å². The molecule has 9 nitrogen and oxygen atoms in total. The number of fused-ring (bicyclic) bond motifs is 2. The van der Waals surface area contributed by atoms with Crippen molar-refractivity contribution in [2.24, 2.45) is 5.92 Å². The Balaban J connectivity index is 1.37. The Morgan fingerprint density at radius 3 is 2.94 bits per heavy atom. The summed E-state index contributed by atoms with van der Waals surface area (Å²) in [7, 11) is 3.69. The molecule has 0 unspecified atom stereocenters. The predicted molar refractivity (Wildman–Crippen MR) is 119 cm³/mol. The number of pyridine rings is 1. The van der Waals surface area contributed by atoms with Gasteiger partial charge in [-0.2, -0.15) is 4.98 Å². The fourth-order valence-corrected chi connectivity index (χ4v) is 5.25. The van der Waals surface area contributed by atoms with Gasteiger partial charge in [0.1, 0.15) is 23.5 Å². The average Bonchev–Trinajstić information content (AvgIpc) is 3.41. The van der Waals surface area contributed by atoms with Gasteiger partial charge < -0.3 is 29.6 Å². The van der Waals surface area contributed by atoms with Crippen molar-refractivity contribution >= 4 is 23.3 Å². The van der Waals surface area contributed by atoms with Crippen LogP contribution in [0.5, 0.6) is 5.88 Å². The van der Waals surface area contributed by atoms with Gasteiger partial charge in [-0.05, 0) is 45.4 Å². The van der Waals surface area contributed by atoms with Gasteiger partial charge in [0, 0.05) is 37.6 Å². The molecular formula is C23H29N5O4. The minimum atomic E-state index is -0.434. The van der Waals surface area contributed by atoms with Crippen LogP contribution < -0.4 is 20.3 Å². The second-order valence-electron chi connectivity index (χ2n) is 9.67. The molecule has 2 fully saturated rings. The van der Waals surface area contributed by atoms with E-state index in [9.17, 15) is 9.59 Å². The maximum atomic E-state index is 13.0. The van der Waals surface area contributed by atoms with E-state index in [0.717, 1.165) is 31.9 Å². The summed E-state index contributed by atoms with van der Waals surface area (Å²) in [6, 6.07) is 4.18. The van der Waals surface area contributed by atoms with Gasteiger partial charge in [0.15, 0.2) is 0 Å². The van der Waals surface area contributed by atoms with E-state index in [1.54, 1.807) is 6.07 Å². The topological polar surface area (TPSA) is 99.9 Å². The molecule has 3 aliphatic rings. The number of likely N-dealkylation sites (tertiary alicyclic amines) is 1. The molecular weight excluding hydrogens is 410 g/mol. The first-order valence-electron chi connectivity index (χ1n) is 11.0. The van der Waals surface area contributed by atoms with Crippen molar-refractivity contribution in [2.45, 2.75) is 38.3 Å². The van der Waals surface area contributed by atoms with Gasteiger partial charge in [0.25, 0.3) is 11.8 Å². The summed E-state index contributed by atoms with van der Waals surface area (Å²) in [5.74, 6) is 1.64. The quantitative estimate of drug-likeness (QED) is 0.753. The molecule has 5 rings (SSSR count).